The molecule has 0 aromatic heterocycles. The molecule has 1 aliphatic rings. The standard InChI is InChI=1S/C11H13NO4S/c13-11(14)10-4-2-9(3-5-10)8-17(15,16)12-6-1-7-12/h2-5H,1,6-8H2,(H,13,14). The van der Waals surface area contributed by atoms with E-state index < -0.39 is 16.0 Å². The van der Waals surface area contributed by atoms with Crippen LogP contribution in [0.1, 0.15) is 22.3 Å². The maximum atomic E-state index is 11.8. The predicted molar refractivity (Wildman–Crippen MR) is 62.2 cm³/mol. The van der Waals surface area contributed by atoms with Crippen molar-refractivity contribution in [2.45, 2.75) is 12.2 Å². The molecule has 1 fully saturated rings. The van der Waals surface area contributed by atoms with E-state index in [0.29, 0.717) is 18.7 Å². The molecule has 1 saturated heterocycles. The van der Waals surface area contributed by atoms with Crippen LogP contribution in [-0.2, 0) is 15.8 Å². The molecule has 0 bridgehead atoms. The minimum atomic E-state index is -3.22. The summed E-state index contributed by atoms with van der Waals surface area (Å²) >= 11 is 0. The summed E-state index contributed by atoms with van der Waals surface area (Å²) in [5, 5.41) is 8.72. The third kappa shape index (κ3) is 2.65. The highest BCUT2D eigenvalue weighted by atomic mass is 32.2. The van der Waals surface area contributed by atoms with Crippen LogP contribution in [0.5, 0.6) is 0 Å². The Morgan fingerprint density at radius 1 is 1.24 bits per heavy atom. The number of carbonyl (C=O) groups is 1. The number of hydrogen-bond donors (Lipinski definition) is 1. The highest BCUT2D eigenvalue weighted by Crippen LogP contribution is 2.17. The molecule has 0 radical (unpaired) electrons. The van der Waals surface area contributed by atoms with Crippen molar-refractivity contribution in [2.24, 2.45) is 0 Å². The molecule has 0 aliphatic carbocycles. The summed E-state index contributed by atoms with van der Waals surface area (Å²) in [6.45, 7) is 1.19. The van der Waals surface area contributed by atoms with Crippen LogP contribution in [0.25, 0.3) is 0 Å². The summed E-state index contributed by atoms with van der Waals surface area (Å²) < 4.78 is 25.1. The van der Waals surface area contributed by atoms with Gasteiger partial charge >= 0.3 is 5.97 Å². The van der Waals surface area contributed by atoms with Gasteiger partial charge in [-0.25, -0.2) is 17.5 Å². The van der Waals surface area contributed by atoms with Gasteiger partial charge in [0.1, 0.15) is 0 Å². The zero-order valence-electron chi connectivity index (χ0n) is 9.17. The van der Waals surface area contributed by atoms with Gasteiger partial charge in [-0.05, 0) is 24.1 Å². The number of benzene rings is 1. The summed E-state index contributed by atoms with van der Waals surface area (Å²) in [5.41, 5.74) is 0.775. The number of carboxylic acid groups (broad SMARTS) is 1. The van der Waals surface area contributed by atoms with Gasteiger partial charge in [-0.1, -0.05) is 12.1 Å². The van der Waals surface area contributed by atoms with Crippen molar-refractivity contribution in [3.63, 3.8) is 0 Å². The molecule has 1 N–H and O–H groups in total. The maximum Gasteiger partial charge on any atom is 0.335 e. The van der Waals surface area contributed by atoms with Gasteiger partial charge in [0.15, 0.2) is 0 Å². The van der Waals surface area contributed by atoms with Crippen molar-refractivity contribution in [1.82, 2.24) is 4.31 Å². The first-order chi connectivity index (χ1) is 7.99. The van der Waals surface area contributed by atoms with Crippen LogP contribution in [0, 0.1) is 0 Å². The molecular formula is C11H13NO4S. The molecule has 1 aromatic carbocycles. The lowest BCUT2D eigenvalue weighted by Crippen LogP contribution is -2.42. The van der Waals surface area contributed by atoms with E-state index in [9.17, 15) is 13.2 Å². The van der Waals surface area contributed by atoms with Crippen molar-refractivity contribution in [3.05, 3.63) is 35.4 Å². The fourth-order valence-electron chi connectivity index (χ4n) is 1.61. The quantitative estimate of drug-likeness (QED) is 0.868. The number of carboxylic acids is 1. The van der Waals surface area contributed by atoms with Crippen molar-refractivity contribution >= 4 is 16.0 Å². The lowest BCUT2D eigenvalue weighted by molar-refractivity contribution is 0.0697. The lowest BCUT2D eigenvalue weighted by atomic mass is 10.1. The largest absolute Gasteiger partial charge is 0.478 e. The van der Waals surface area contributed by atoms with E-state index in [1.807, 2.05) is 0 Å². The van der Waals surface area contributed by atoms with Gasteiger partial charge < -0.3 is 5.11 Å². The second-order valence-electron chi connectivity index (χ2n) is 4.01. The average molecular weight is 255 g/mol. The van der Waals surface area contributed by atoms with Crippen molar-refractivity contribution in [1.29, 1.82) is 0 Å². The van der Waals surface area contributed by atoms with E-state index >= 15 is 0 Å². The molecule has 2 rings (SSSR count). The molecule has 0 unspecified atom stereocenters. The zero-order valence-corrected chi connectivity index (χ0v) is 9.98. The molecule has 0 spiro atoms. The maximum absolute atomic E-state index is 11.8. The number of aromatic carboxylic acids is 1. The Balaban J connectivity index is 2.11. The van der Waals surface area contributed by atoms with E-state index in [-0.39, 0.29) is 11.3 Å². The van der Waals surface area contributed by atoms with Crippen LogP contribution in [0.4, 0.5) is 0 Å². The Morgan fingerprint density at radius 3 is 2.24 bits per heavy atom. The van der Waals surface area contributed by atoms with Crippen LogP contribution in [0.15, 0.2) is 24.3 Å². The van der Waals surface area contributed by atoms with Crippen LogP contribution in [-0.4, -0.2) is 36.9 Å². The normalized spacial score (nSPS) is 16.5. The van der Waals surface area contributed by atoms with Crippen molar-refractivity contribution < 1.29 is 18.3 Å². The van der Waals surface area contributed by atoms with Gasteiger partial charge in [0.25, 0.3) is 0 Å². The minimum absolute atomic E-state index is 0.0626. The van der Waals surface area contributed by atoms with Gasteiger partial charge in [-0.2, -0.15) is 0 Å². The smallest absolute Gasteiger partial charge is 0.335 e. The first-order valence-corrected chi connectivity index (χ1v) is 6.90. The summed E-state index contributed by atoms with van der Waals surface area (Å²) in [6.07, 6.45) is 0.914. The molecule has 92 valence electrons. The molecule has 0 amide bonds. The lowest BCUT2D eigenvalue weighted by Gasteiger charge is -2.29. The zero-order chi connectivity index (χ0) is 12.5. The van der Waals surface area contributed by atoms with Crippen molar-refractivity contribution in [3.8, 4) is 0 Å². The molecule has 5 nitrogen and oxygen atoms in total. The molecule has 0 atom stereocenters. The summed E-state index contributed by atoms with van der Waals surface area (Å²) in [5.74, 6) is -1.07. The average Bonchev–Trinajstić information content (AvgIpc) is 2.13. The molecule has 17 heavy (non-hydrogen) atoms. The Hall–Kier alpha value is -1.40. The SMILES string of the molecule is O=C(O)c1ccc(CS(=O)(=O)N2CCC2)cc1. The third-order valence-electron chi connectivity index (χ3n) is 2.76. The summed E-state index contributed by atoms with van der Waals surface area (Å²) in [6, 6.07) is 5.92. The molecule has 1 aliphatic heterocycles. The van der Waals surface area contributed by atoms with Gasteiger partial charge in [0.05, 0.1) is 11.3 Å². The van der Waals surface area contributed by atoms with E-state index in [4.69, 9.17) is 5.11 Å². The van der Waals surface area contributed by atoms with Crippen LogP contribution >= 0.6 is 0 Å². The van der Waals surface area contributed by atoms with E-state index in [1.165, 1.54) is 16.4 Å². The molecular weight excluding hydrogens is 242 g/mol. The Kier molecular flexibility index (Phi) is 3.17. The van der Waals surface area contributed by atoms with Gasteiger partial charge in [0, 0.05) is 13.1 Å². The van der Waals surface area contributed by atoms with Crippen LogP contribution < -0.4 is 0 Å². The number of sulfonamides is 1. The van der Waals surface area contributed by atoms with E-state index in [0.717, 1.165) is 6.42 Å². The Morgan fingerprint density at radius 2 is 1.82 bits per heavy atom. The predicted octanol–water partition coefficient (Wildman–Crippen LogP) is 0.920. The first-order valence-electron chi connectivity index (χ1n) is 5.29. The minimum Gasteiger partial charge on any atom is -0.478 e. The van der Waals surface area contributed by atoms with Gasteiger partial charge in [0.2, 0.25) is 10.0 Å². The van der Waals surface area contributed by atoms with Gasteiger partial charge in [-0.15, -0.1) is 0 Å². The Bertz CT molecular complexity index is 517. The topological polar surface area (TPSA) is 74.7 Å². The van der Waals surface area contributed by atoms with Crippen LogP contribution in [0.3, 0.4) is 0 Å². The molecule has 0 saturated carbocycles. The molecule has 1 aromatic rings. The Labute approximate surface area is 99.7 Å². The second-order valence-corrected chi connectivity index (χ2v) is 5.98. The monoisotopic (exact) mass is 255 g/mol. The third-order valence-corrected chi connectivity index (χ3v) is 4.61. The highest BCUT2D eigenvalue weighted by molar-refractivity contribution is 7.88. The number of hydrogen-bond acceptors (Lipinski definition) is 3. The number of nitrogens with zero attached hydrogens (tertiary/aromatic N) is 1. The van der Waals surface area contributed by atoms with Crippen molar-refractivity contribution in [2.75, 3.05) is 13.1 Å². The van der Waals surface area contributed by atoms with E-state index in [2.05, 4.69) is 0 Å². The first kappa shape index (κ1) is 12.1. The summed E-state index contributed by atoms with van der Waals surface area (Å²) in [7, 11) is -3.22. The van der Waals surface area contributed by atoms with Crippen LogP contribution in [0.2, 0.25) is 0 Å². The molecule has 1 heterocycles. The summed E-state index contributed by atoms with van der Waals surface area (Å²) in [4.78, 5) is 10.6. The number of rotatable bonds is 4. The fourth-order valence-corrected chi connectivity index (χ4v) is 3.22. The fraction of sp³-hybridized carbons (Fsp3) is 0.364. The van der Waals surface area contributed by atoms with Gasteiger partial charge in [-0.3, -0.25) is 0 Å². The van der Waals surface area contributed by atoms with E-state index in [1.54, 1.807) is 12.1 Å². The molecule has 6 heteroatoms. The second kappa shape index (κ2) is 4.46. The highest BCUT2D eigenvalue weighted by Gasteiger charge is 2.27.